The first kappa shape index (κ1) is 17.0. The van der Waals surface area contributed by atoms with Gasteiger partial charge in [-0.3, -0.25) is 13.9 Å². The highest BCUT2D eigenvalue weighted by Gasteiger charge is 2.13. The number of rotatable bonds is 5. The fourth-order valence-corrected chi connectivity index (χ4v) is 3.01. The molecular formula is C18H22N4O3. The van der Waals surface area contributed by atoms with Crippen LogP contribution in [-0.2, 0) is 20.6 Å². The Hall–Kier alpha value is -2.83. The van der Waals surface area contributed by atoms with Crippen molar-refractivity contribution < 1.29 is 4.74 Å². The summed E-state index contributed by atoms with van der Waals surface area (Å²) in [5, 5.41) is 0. The number of nitrogens with zero attached hydrogens (tertiary/aromatic N) is 4. The van der Waals surface area contributed by atoms with Gasteiger partial charge in [-0.05, 0) is 43.5 Å². The van der Waals surface area contributed by atoms with Gasteiger partial charge in [-0.25, -0.2) is 9.78 Å². The van der Waals surface area contributed by atoms with Crippen molar-refractivity contribution in [1.29, 1.82) is 0 Å². The second kappa shape index (κ2) is 6.58. The molecule has 7 heteroatoms. The molecule has 0 bridgehead atoms. The van der Waals surface area contributed by atoms with Crippen LogP contribution in [0.4, 0.5) is 0 Å². The number of benzene rings is 1. The normalized spacial score (nSPS) is 11.2. The fourth-order valence-electron chi connectivity index (χ4n) is 3.01. The van der Waals surface area contributed by atoms with E-state index in [1.54, 1.807) is 17.9 Å². The minimum atomic E-state index is -0.374. The van der Waals surface area contributed by atoms with E-state index in [1.165, 1.54) is 22.7 Å². The highest BCUT2D eigenvalue weighted by molar-refractivity contribution is 5.69. The van der Waals surface area contributed by atoms with Gasteiger partial charge in [0.15, 0.2) is 11.2 Å². The van der Waals surface area contributed by atoms with Gasteiger partial charge in [-0.1, -0.05) is 6.07 Å². The number of hydrogen-bond donors (Lipinski definition) is 0. The van der Waals surface area contributed by atoms with Crippen LogP contribution in [0.3, 0.4) is 0 Å². The Bertz CT molecular complexity index is 1020. The molecule has 0 aliphatic heterocycles. The summed E-state index contributed by atoms with van der Waals surface area (Å²) in [6.45, 7) is 5.21. The Kier molecular flexibility index (Phi) is 4.48. The Morgan fingerprint density at radius 1 is 1.04 bits per heavy atom. The smallest absolute Gasteiger partial charge is 0.332 e. The molecule has 0 saturated heterocycles. The Morgan fingerprint density at radius 2 is 1.72 bits per heavy atom. The van der Waals surface area contributed by atoms with Gasteiger partial charge < -0.3 is 9.30 Å². The predicted octanol–water partition coefficient (Wildman–Crippen LogP) is 1.52. The van der Waals surface area contributed by atoms with Crippen LogP contribution < -0.4 is 16.0 Å². The Morgan fingerprint density at radius 3 is 2.40 bits per heavy atom. The van der Waals surface area contributed by atoms with Gasteiger partial charge in [0.2, 0.25) is 0 Å². The van der Waals surface area contributed by atoms with E-state index in [1.807, 2.05) is 26.0 Å². The Labute approximate surface area is 145 Å². The van der Waals surface area contributed by atoms with Crippen molar-refractivity contribution in [2.45, 2.75) is 26.8 Å². The predicted molar refractivity (Wildman–Crippen MR) is 96.2 cm³/mol. The lowest BCUT2D eigenvalue weighted by molar-refractivity contribution is 0.302. The third-order valence-corrected chi connectivity index (χ3v) is 4.22. The summed E-state index contributed by atoms with van der Waals surface area (Å²) in [5.41, 5.74) is 2.48. The van der Waals surface area contributed by atoms with Crippen LogP contribution in [0.5, 0.6) is 5.75 Å². The first-order valence-electron chi connectivity index (χ1n) is 8.20. The van der Waals surface area contributed by atoms with Crippen LogP contribution in [0.2, 0.25) is 0 Å². The lowest BCUT2D eigenvalue weighted by atomic mass is 10.1. The first-order chi connectivity index (χ1) is 11.9. The van der Waals surface area contributed by atoms with Gasteiger partial charge in [-0.2, -0.15) is 0 Å². The quantitative estimate of drug-likeness (QED) is 0.659. The van der Waals surface area contributed by atoms with Gasteiger partial charge >= 0.3 is 5.69 Å². The zero-order valence-corrected chi connectivity index (χ0v) is 14.9. The molecule has 0 unspecified atom stereocenters. The van der Waals surface area contributed by atoms with Gasteiger partial charge in [0.05, 0.1) is 12.9 Å². The van der Waals surface area contributed by atoms with Crippen molar-refractivity contribution in [2.24, 2.45) is 14.1 Å². The zero-order chi connectivity index (χ0) is 18.1. The second-order valence-electron chi connectivity index (χ2n) is 6.34. The molecule has 1 aromatic carbocycles. The SMILES string of the molecule is Cc1cc(C)cc(OCCCn2cnc3c2c(=O)n(C)c(=O)n3C)c1. The average Bonchev–Trinajstić information content (AvgIpc) is 2.98. The first-order valence-corrected chi connectivity index (χ1v) is 8.20. The summed E-state index contributed by atoms with van der Waals surface area (Å²) in [5.74, 6) is 0.853. The highest BCUT2D eigenvalue weighted by Crippen LogP contribution is 2.16. The molecule has 0 fully saturated rings. The van der Waals surface area contributed by atoms with Gasteiger partial charge in [0, 0.05) is 20.6 Å². The maximum atomic E-state index is 12.4. The molecule has 25 heavy (non-hydrogen) atoms. The average molecular weight is 342 g/mol. The number of ether oxygens (including phenoxy) is 1. The lowest BCUT2D eigenvalue weighted by Gasteiger charge is -2.09. The van der Waals surface area contributed by atoms with Gasteiger partial charge in [-0.15, -0.1) is 0 Å². The lowest BCUT2D eigenvalue weighted by Crippen LogP contribution is -2.37. The van der Waals surface area contributed by atoms with Crippen molar-refractivity contribution >= 4 is 11.2 Å². The van der Waals surface area contributed by atoms with E-state index in [2.05, 4.69) is 11.1 Å². The summed E-state index contributed by atoms with van der Waals surface area (Å²) in [6, 6.07) is 6.11. The molecule has 7 nitrogen and oxygen atoms in total. The zero-order valence-electron chi connectivity index (χ0n) is 14.9. The van der Waals surface area contributed by atoms with Crippen molar-refractivity contribution in [3.05, 3.63) is 56.5 Å². The van der Waals surface area contributed by atoms with E-state index >= 15 is 0 Å². The minimum Gasteiger partial charge on any atom is -0.494 e. The van der Waals surface area contributed by atoms with Gasteiger partial charge in [0.1, 0.15) is 5.75 Å². The van der Waals surface area contributed by atoms with Crippen LogP contribution in [0.1, 0.15) is 17.5 Å². The third-order valence-electron chi connectivity index (χ3n) is 4.22. The maximum Gasteiger partial charge on any atom is 0.332 e. The third kappa shape index (κ3) is 3.22. The van der Waals surface area contributed by atoms with Crippen molar-refractivity contribution in [2.75, 3.05) is 6.61 Å². The summed E-state index contributed by atoms with van der Waals surface area (Å²) in [7, 11) is 3.09. The van der Waals surface area contributed by atoms with E-state index in [-0.39, 0.29) is 11.2 Å². The van der Waals surface area contributed by atoms with E-state index < -0.39 is 0 Å². The van der Waals surface area contributed by atoms with Crippen LogP contribution in [0.25, 0.3) is 11.2 Å². The molecule has 3 rings (SSSR count). The van der Waals surface area contributed by atoms with Crippen LogP contribution in [0.15, 0.2) is 34.1 Å². The van der Waals surface area contributed by atoms with Crippen molar-refractivity contribution in [3.8, 4) is 5.75 Å². The number of hydrogen-bond acceptors (Lipinski definition) is 4. The van der Waals surface area contributed by atoms with E-state index in [0.717, 1.165) is 16.7 Å². The van der Waals surface area contributed by atoms with E-state index in [0.29, 0.717) is 24.3 Å². The standard InChI is InChI=1S/C18H22N4O3/c1-12-8-13(2)10-14(9-12)25-7-5-6-22-11-19-16-15(22)17(23)21(4)18(24)20(16)3/h8-11H,5-7H2,1-4H3. The molecule has 0 radical (unpaired) electrons. The molecule has 3 aromatic rings. The summed E-state index contributed by atoms with van der Waals surface area (Å²) < 4.78 is 10.1. The summed E-state index contributed by atoms with van der Waals surface area (Å²) in [4.78, 5) is 28.5. The number of fused-ring (bicyclic) bond motifs is 1. The molecule has 2 aromatic heterocycles. The van der Waals surface area contributed by atoms with E-state index in [4.69, 9.17) is 4.74 Å². The minimum absolute atomic E-state index is 0.328. The fraction of sp³-hybridized carbons (Fsp3) is 0.389. The molecule has 0 aliphatic carbocycles. The number of imidazole rings is 1. The molecule has 2 heterocycles. The molecule has 0 N–H and O–H groups in total. The van der Waals surface area contributed by atoms with Gasteiger partial charge in [0.25, 0.3) is 5.56 Å². The summed E-state index contributed by atoms with van der Waals surface area (Å²) >= 11 is 0. The molecular weight excluding hydrogens is 320 g/mol. The molecule has 0 aliphatic rings. The van der Waals surface area contributed by atoms with Crippen LogP contribution >= 0.6 is 0 Å². The largest absolute Gasteiger partial charge is 0.494 e. The monoisotopic (exact) mass is 342 g/mol. The highest BCUT2D eigenvalue weighted by atomic mass is 16.5. The summed E-state index contributed by atoms with van der Waals surface area (Å²) in [6.07, 6.45) is 2.33. The van der Waals surface area contributed by atoms with Crippen molar-refractivity contribution in [1.82, 2.24) is 18.7 Å². The maximum absolute atomic E-state index is 12.4. The number of aromatic nitrogens is 4. The molecule has 0 spiro atoms. The van der Waals surface area contributed by atoms with Crippen LogP contribution in [-0.4, -0.2) is 25.3 Å². The topological polar surface area (TPSA) is 71.1 Å². The number of aryl methyl sites for hydroxylation is 4. The molecule has 132 valence electrons. The van der Waals surface area contributed by atoms with Crippen LogP contribution in [0, 0.1) is 13.8 Å². The van der Waals surface area contributed by atoms with Crippen molar-refractivity contribution in [3.63, 3.8) is 0 Å². The Balaban J connectivity index is 1.74. The molecule has 0 saturated carbocycles. The molecule has 0 atom stereocenters. The second-order valence-corrected chi connectivity index (χ2v) is 6.34. The van der Waals surface area contributed by atoms with E-state index in [9.17, 15) is 9.59 Å². The molecule has 0 amide bonds.